The fourth-order valence-electron chi connectivity index (χ4n) is 3.39. The van der Waals surface area contributed by atoms with Gasteiger partial charge in [0.15, 0.2) is 0 Å². The Bertz CT molecular complexity index is 1150. The van der Waals surface area contributed by atoms with Crippen LogP contribution >= 0.6 is 0 Å². The summed E-state index contributed by atoms with van der Waals surface area (Å²) in [5, 5.41) is 6.23. The standard InChI is InChI=1S/C22H20N4O/c1-14(2)20-17-8-4-6-10-19(17)25-21(20)22(27)26-24-13-15-11-12-23-18-9-5-3-7-16(15)18/h3-14,25H,1-2H3,(H,26,27). The Morgan fingerprint density at radius 2 is 1.81 bits per heavy atom. The summed E-state index contributed by atoms with van der Waals surface area (Å²) < 4.78 is 0. The average Bonchev–Trinajstić information content (AvgIpc) is 3.08. The number of benzene rings is 2. The molecule has 4 aromatic rings. The van der Waals surface area contributed by atoms with Gasteiger partial charge in [0, 0.05) is 28.0 Å². The van der Waals surface area contributed by atoms with Crippen molar-refractivity contribution >= 4 is 33.9 Å². The van der Waals surface area contributed by atoms with E-state index in [-0.39, 0.29) is 11.8 Å². The van der Waals surface area contributed by atoms with Gasteiger partial charge in [-0.05, 0) is 29.7 Å². The van der Waals surface area contributed by atoms with Gasteiger partial charge < -0.3 is 4.98 Å². The molecule has 2 heterocycles. The largest absolute Gasteiger partial charge is 0.350 e. The highest BCUT2D eigenvalue weighted by atomic mass is 16.2. The van der Waals surface area contributed by atoms with Crippen molar-refractivity contribution in [2.45, 2.75) is 19.8 Å². The Morgan fingerprint density at radius 1 is 1.07 bits per heavy atom. The summed E-state index contributed by atoms with van der Waals surface area (Å²) in [4.78, 5) is 20.3. The lowest BCUT2D eigenvalue weighted by Gasteiger charge is -2.07. The number of nitrogens with zero attached hydrogens (tertiary/aromatic N) is 2. The highest BCUT2D eigenvalue weighted by Crippen LogP contribution is 2.29. The summed E-state index contributed by atoms with van der Waals surface area (Å²) in [5.41, 5.74) is 6.96. The molecule has 5 nitrogen and oxygen atoms in total. The monoisotopic (exact) mass is 356 g/mol. The number of hydrazone groups is 1. The van der Waals surface area contributed by atoms with E-state index < -0.39 is 0 Å². The first-order valence-corrected chi connectivity index (χ1v) is 8.93. The van der Waals surface area contributed by atoms with E-state index in [1.807, 2.05) is 54.6 Å². The molecule has 2 N–H and O–H groups in total. The minimum atomic E-state index is -0.246. The normalized spacial score (nSPS) is 11.7. The van der Waals surface area contributed by atoms with Crippen LogP contribution in [0.5, 0.6) is 0 Å². The lowest BCUT2D eigenvalue weighted by molar-refractivity contribution is 0.0949. The SMILES string of the molecule is CC(C)c1c(C(=O)NN=Cc2ccnc3ccccc23)[nH]c2ccccc12. The Hall–Kier alpha value is -3.47. The molecule has 0 aliphatic heterocycles. The highest BCUT2D eigenvalue weighted by molar-refractivity contribution is 6.02. The quantitative estimate of drug-likeness (QED) is 0.414. The predicted molar refractivity (Wildman–Crippen MR) is 109 cm³/mol. The molecule has 0 saturated carbocycles. The summed E-state index contributed by atoms with van der Waals surface area (Å²) in [5.74, 6) is -0.0282. The van der Waals surface area contributed by atoms with Crippen LogP contribution in [-0.2, 0) is 0 Å². The topological polar surface area (TPSA) is 70.1 Å². The molecule has 0 fully saturated rings. The number of hydrogen-bond acceptors (Lipinski definition) is 3. The minimum Gasteiger partial charge on any atom is -0.350 e. The van der Waals surface area contributed by atoms with E-state index in [0.29, 0.717) is 5.69 Å². The number of pyridine rings is 1. The number of hydrogen-bond donors (Lipinski definition) is 2. The molecule has 2 aromatic carbocycles. The molecule has 134 valence electrons. The van der Waals surface area contributed by atoms with Crippen molar-refractivity contribution in [3.05, 3.63) is 77.6 Å². The number of carbonyl (C=O) groups is 1. The molecule has 0 saturated heterocycles. The van der Waals surface area contributed by atoms with Gasteiger partial charge in [-0.1, -0.05) is 50.2 Å². The van der Waals surface area contributed by atoms with Crippen LogP contribution in [0.4, 0.5) is 0 Å². The summed E-state index contributed by atoms with van der Waals surface area (Å²) in [6, 6.07) is 17.7. The molecule has 2 aromatic heterocycles. The van der Waals surface area contributed by atoms with E-state index in [1.54, 1.807) is 12.4 Å². The molecule has 4 rings (SSSR count). The molecule has 27 heavy (non-hydrogen) atoms. The number of fused-ring (bicyclic) bond motifs is 2. The molecule has 0 radical (unpaired) electrons. The zero-order chi connectivity index (χ0) is 18.8. The average molecular weight is 356 g/mol. The van der Waals surface area contributed by atoms with Gasteiger partial charge in [0.2, 0.25) is 0 Å². The summed E-state index contributed by atoms with van der Waals surface area (Å²) in [7, 11) is 0. The lowest BCUT2D eigenvalue weighted by atomic mass is 9.99. The third kappa shape index (κ3) is 3.19. The van der Waals surface area contributed by atoms with Crippen LogP contribution in [0.3, 0.4) is 0 Å². The van der Waals surface area contributed by atoms with E-state index in [1.165, 1.54) is 0 Å². The number of amides is 1. The molecule has 1 amide bonds. The van der Waals surface area contributed by atoms with Gasteiger partial charge in [-0.3, -0.25) is 9.78 Å². The maximum atomic E-state index is 12.7. The number of aromatic nitrogens is 2. The highest BCUT2D eigenvalue weighted by Gasteiger charge is 2.19. The summed E-state index contributed by atoms with van der Waals surface area (Å²) in [6.07, 6.45) is 3.39. The van der Waals surface area contributed by atoms with E-state index in [0.717, 1.165) is 32.9 Å². The second-order valence-corrected chi connectivity index (χ2v) is 6.73. The van der Waals surface area contributed by atoms with Gasteiger partial charge in [-0.25, -0.2) is 5.43 Å². The number of aromatic amines is 1. The number of para-hydroxylation sites is 2. The van der Waals surface area contributed by atoms with Gasteiger partial charge in [0.1, 0.15) is 5.69 Å². The molecule has 0 aliphatic rings. The molecular formula is C22H20N4O. The van der Waals surface area contributed by atoms with Crippen molar-refractivity contribution in [1.29, 1.82) is 0 Å². The molecule has 0 bridgehead atoms. The van der Waals surface area contributed by atoms with Crippen molar-refractivity contribution in [2.24, 2.45) is 5.10 Å². The first-order valence-electron chi connectivity index (χ1n) is 8.93. The van der Waals surface area contributed by atoms with Crippen LogP contribution in [0.1, 0.15) is 41.4 Å². The number of carbonyl (C=O) groups excluding carboxylic acids is 1. The van der Waals surface area contributed by atoms with Gasteiger partial charge in [-0.15, -0.1) is 0 Å². The summed E-state index contributed by atoms with van der Waals surface area (Å²) >= 11 is 0. The Kier molecular flexibility index (Phi) is 4.42. The van der Waals surface area contributed by atoms with E-state index in [2.05, 4.69) is 34.3 Å². The molecular weight excluding hydrogens is 336 g/mol. The van der Waals surface area contributed by atoms with Crippen LogP contribution in [-0.4, -0.2) is 22.1 Å². The van der Waals surface area contributed by atoms with Crippen LogP contribution < -0.4 is 5.43 Å². The number of nitrogens with one attached hydrogen (secondary N) is 2. The maximum Gasteiger partial charge on any atom is 0.288 e. The van der Waals surface area contributed by atoms with Gasteiger partial charge in [0.25, 0.3) is 5.91 Å². The van der Waals surface area contributed by atoms with E-state index in [4.69, 9.17) is 0 Å². The van der Waals surface area contributed by atoms with Crippen LogP contribution in [0.2, 0.25) is 0 Å². The maximum absolute atomic E-state index is 12.7. The zero-order valence-corrected chi connectivity index (χ0v) is 15.2. The molecule has 0 spiro atoms. The number of rotatable bonds is 4. The first kappa shape index (κ1) is 17.0. The first-order chi connectivity index (χ1) is 13.1. The van der Waals surface area contributed by atoms with Gasteiger partial charge in [0.05, 0.1) is 11.7 Å². The minimum absolute atomic E-state index is 0.218. The second-order valence-electron chi connectivity index (χ2n) is 6.73. The Balaban J connectivity index is 1.62. The van der Waals surface area contributed by atoms with Gasteiger partial charge in [-0.2, -0.15) is 5.10 Å². The molecule has 0 aliphatic carbocycles. The summed E-state index contributed by atoms with van der Waals surface area (Å²) in [6.45, 7) is 4.16. The van der Waals surface area contributed by atoms with Crippen molar-refractivity contribution < 1.29 is 4.79 Å². The van der Waals surface area contributed by atoms with Crippen molar-refractivity contribution in [3.8, 4) is 0 Å². The third-order valence-corrected chi connectivity index (χ3v) is 4.60. The Morgan fingerprint density at radius 3 is 2.63 bits per heavy atom. The van der Waals surface area contributed by atoms with Crippen LogP contribution in [0.15, 0.2) is 65.9 Å². The van der Waals surface area contributed by atoms with Gasteiger partial charge >= 0.3 is 0 Å². The second kappa shape index (κ2) is 7.03. The zero-order valence-electron chi connectivity index (χ0n) is 15.2. The lowest BCUT2D eigenvalue weighted by Crippen LogP contribution is -2.19. The number of H-pyrrole nitrogens is 1. The smallest absolute Gasteiger partial charge is 0.288 e. The van der Waals surface area contributed by atoms with Crippen molar-refractivity contribution in [2.75, 3.05) is 0 Å². The van der Waals surface area contributed by atoms with Crippen molar-refractivity contribution in [1.82, 2.24) is 15.4 Å². The molecule has 5 heteroatoms. The Labute approximate surface area is 157 Å². The van der Waals surface area contributed by atoms with Crippen LogP contribution in [0, 0.1) is 0 Å². The predicted octanol–water partition coefficient (Wildman–Crippen LogP) is 4.60. The fourth-order valence-corrected chi connectivity index (χ4v) is 3.39. The van der Waals surface area contributed by atoms with Crippen molar-refractivity contribution in [3.63, 3.8) is 0 Å². The van der Waals surface area contributed by atoms with E-state index in [9.17, 15) is 4.79 Å². The molecule has 0 atom stereocenters. The van der Waals surface area contributed by atoms with E-state index >= 15 is 0 Å². The third-order valence-electron chi connectivity index (χ3n) is 4.60. The molecule has 0 unspecified atom stereocenters. The fraction of sp³-hybridized carbons (Fsp3) is 0.136. The van der Waals surface area contributed by atoms with Crippen LogP contribution in [0.25, 0.3) is 21.8 Å².